The lowest BCUT2D eigenvalue weighted by Gasteiger charge is -2.19. The van der Waals surface area contributed by atoms with E-state index < -0.39 is 23.4 Å². The fourth-order valence-electron chi connectivity index (χ4n) is 1.19. The van der Waals surface area contributed by atoms with Gasteiger partial charge >= 0.3 is 12.2 Å². The standard InChI is InChI=1S/C14H29N3O6/c1-13(2,3)22-11(18)16-20-9-7-15-8-10-21-17-12(19)23-14(4,5)6/h15H,7-10H2,1-6H3,(H,16,18)(H,17,19). The highest BCUT2D eigenvalue weighted by atomic mass is 16.7. The van der Waals surface area contributed by atoms with Gasteiger partial charge in [-0.3, -0.25) is 9.68 Å². The number of hydroxylamine groups is 2. The zero-order chi connectivity index (χ0) is 17.9. The SMILES string of the molecule is CC(C)(C)OC(=O)NOCCNCCONC(=O)OC(C)(C)C. The predicted molar refractivity (Wildman–Crippen MR) is 83.5 cm³/mol. The molecule has 0 aliphatic heterocycles. The maximum Gasteiger partial charge on any atom is 0.431 e. The van der Waals surface area contributed by atoms with Crippen molar-refractivity contribution in [2.24, 2.45) is 0 Å². The average molecular weight is 335 g/mol. The molecule has 0 bridgehead atoms. The summed E-state index contributed by atoms with van der Waals surface area (Å²) >= 11 is 0. The predicted octanol–water partition coefficient (Wildman–Crippen LogP) is 1.49. The Morgan fingerprint density at radius 3 is 1.39 bits per heavy atom. The van der Waals surface area contributed by atoms with E-state index in [4.69, 9.17) is 19.1 Å². The van der Waals surface area contributed by atoms with Crippen molar-refractivity contribution in [1.82, 2.24) is 16.3 Å². The van der Waals surface area contributed by atoms with Gasteiger partial charge in [-0.25, -0.2) is 9.59 Å². The number of ether oxygens (including phenoxy) is 2. The first-order chi connectivity index (χ1) is 10.5. The van der Waals surface area contributed by atoms with Crippen LogP contribution in [0.25, 0.3) is 0 Å². The van der Waals surface area contributed by atoms with Gasteiger partial charge < -0.3 is 14.8 Å². The molecule has 0 aliphatic rings. The Labute approximate surface area is 137 Å². The number of hydrogen-bond donors (Lipinski definition) is 3. The van der Waals surface area contributed by atoms with E-state index in [-0.39, 0.29) is 13.2 Å². The normalized spacial score (nSPS) is 11.7. The lowest BCUT2D eigenvalue weighted by Crippen LogP contribution is -2.35. The van der Waals surface area contributed by atoms with E-state index in [0.29, 0.717) is 13.1 Å². The van der Waals surface area contributed by atoms with Gasteiger partial charge in [0.2, 0.25) is 0 Å². The number of amides is 2. The van der Waals surface area contributed by atoms with Crippen LogP contribution in [0.15, 0.2) is 0 Å². The number of hydrogen-bond acceptors (Lipinski definition) is 7. The van der Waals surface area contributed by atoms with Crippen LogP contribution in [0.1, 0.15) is 41.5 Å². The zero-order valence-electron chi connectivity index (χ0n) is 14.8. The monoisotopic (exact) mass is 335 g/mol. The van der Waals surface area contributed by atoms with Crippen LogP contribution in [0.5, 0.6) is 0 Å². The summed E-state index contributed by atoms with van der Waals surface area (Å²) in [5.41, 5.74) is 3.21. The molecule has 2 amide bonds. The van der Waals surface area contributed by atoms with Crippen LogP contribution < -0.4 is 16.3 Å². The quantitative estimate of drug-likeness (QED) is 0.455. The summed E-state index contributed by atoms with van der Waals surface area (Å²) in [5, 5.41) is 3.00. The van der Waals surface area contributed by atoms with Crippen LogP contribution in [0.3, 0.4) is 0 Å². The molecule has 136 valence electrons. The molecule has 0 fully saturated rings. The molecule has 0 heterocycles. The first-order valence-corrected chi connectivity index (χ1v) is 7.42. The molecule has 9 heteroatoms. The third-order valence-electron chi connectivity index (χ3n) is 1.87. The molecule has 0 aromatic heterocycles. The van der Waals surface area contributed by atoms with E-state index in [2.05, 4.69) is 16.3 Å². The van der Waals surface area contributed by atoms with Crippen molar-refractivity contribution in [1.29, 1.82) is 0 Å². The number of nitrogens with one attached hydrogen (secondary N) is 3. The molecule has 0 unspecified atom stereocenters. The summed E-state index contributed by atoms with van der Waals surface area (Å²) in [6.07, 6.45) is -1.27. The highest BCUT2D eigenvalue weighted by molar-refractivity contribution is 5.66. The van der Waals surface area contributed by atoms with Crippen LogP contribution in [0, 0.1) is 0 Å². The molecule has 0 aliphatic carbocycles. The minimum absolute atomic E-state index is 0.263. The van der Waals surface area contributed by atoms with E-state index >= 15 is 0 Å². The first kappa shape index (κ1) is 21.4. The van der Waals surface area contributed by atoms with Crippen LogP contribution in [0.4, 0.5) is 9.59 Å². The Bertz CT molecular complexity index is 329. The van der Waals surface area contributed by atoms with Gasteiger partial charge in [-0.2, -0.15) is 11.0 Å². The molecule has 0 aromatic carbocycles. The second kappa shape index (κ2) is 10.2. The Morgan fingerprint density at radius 1 is 0.739 bits per heavy atom. The Hall–Kier alpha value is -1.58. The number of carbonyl (C=O) groups is 2. The Kier molecular flexibility index (Phi) is 9.54. The molecule has 3 N–H and O–H groups in total. The molecule has 0 radical (unpaired) electrons. The van der Waals surface area contributed by atoms with Gasteiger partial charge in [0.15, 0.2) is 0 Å². The van der Waals surface area contributed by atoms with Crippen molar-refractivity contribution in [3.63, 3.8) is 0 Å². The van der Waals surface area contributed by atoms with Crippen molar-refractivity contribution < 1.29 is 28.7 Å². The fraction of sp³-hybridized carbons (Fsp3) is 0.857. The fourth-order valence-corrected chi connectivity index (χ4v) is 1.19. The Balaban J connectivity index is 3.41. The van der Waals surface area contributed by atoms with Crippen molar-refractivity contribution in [3.05, 3.63) is 0 Å². The topological polar surface area (TPSA) is 107 Å². The summed E-state index contributed by atoms with van der Waals surface area (Å²) in [6, 6.07) is 0. The van der Waals surface area contributed by atoms with Crippen LogP contribution >= 0.6 is 0 Å². The molecule has 0 spiro atoms. The van der Waals surface area contributed by atoms with Crippen LogP contribution in [-0.4, -0.2) is 49.7 Å². The summed E-state index contributed by atoms with van der Waals surface area (Å²) in [5.74, 6) is 0. The summed E-state index contributed by atoms with van der Waals surface area (Å²) in [7, 11) is 0. The average Bonchev–Trinajstić information content (AvgIpc) is 2.32. The van der Waals surface area contributed by atoms with Crippen molar-refractivity contribution in [3.8, 4) is 0 Å². The molecule has 0 rings (SSSR count). The van der Waals surface area contributed by atoms with E-state index in [1.54, 1.807) is 41.5 Å². The summed E-state index contributed by atoms with van der Waals surface area (Å²) in [6.45, 7) is 12.1. The lowest BCUT2D eigenvalue weighted by atomic mass is 10.2. The van der Waals surface area contributed by atoms with Gasteiger partial charge in [0, 0.05) is 13.1 Å². The van der Waals surface area contributed by atoms with Gasteiger partial charge in [-0.05, 0) is 41.5 Å². The molecule has 9 nitrogen and oxygen atoms in total. The molecule has 0 atom stereocenters. The summed E-state index contributed by atoms with van der Waals surface area (Å²) < 4.78 is 9.97. The van der Waals surface area contributed by atoms with Crippen LogP contribution in [-0.2, 0) is 19.1 Å². The highest BCUT2D eigenvalue weighted by Crippen LogP contribution is 2.06. The van der Waals surface area contributed by atoms with E-state index in [1.807, 2.05) is 0 Å². The van der Waals surface area contributed by atoms with Crippen LogP contribution in [0.2, 0.25) is 0 Å². The molecular weight excluding hydrogens is 306 g/mol. The molecular formula is C14H29N3O6. The van der Waals surface area contributed by atoms with E-state index in [0.717, 1.165) is 0 Å². The van der Waals surface area contributed by atoms with Crippen molar-refractivity contribution >= 4 is 12.2 Å². The second-order valence-electron chi connectivity index (χ2n) is 6.65. The lowest BCUT2D eigenvalue weighted by molar-refractivity contribution is -0.0105. The second-order valence-corrected chi connectivity index (χ2v) is 6.65. The maximum atomic E-state index is 11.2. The Morgan fingerprint density at radius 2 is 1.09 bits per heavy atom. The third-order valence-corrected chi connectivity index (χ3v) is 1.87. The maximum absolute atomic E-state index is 11.2. The van der Waals surface area contributed by atoms with Gasteiger partial charge in [0.05, 0.1) is 13.2 Å². The zero-order valence-corrected chi connectivity index (χ0v) is 14.8. The minimum atomic E-state index is -0.637. The van der Waals surface area contributed by atoms with Gasteiger partial charge in [0.25, 0.3) is 0 Å². The number of carbonyl (C=O) groups excluding carboxylic acids is 2. The van der Waals surface area contributed by atoms with Crippen molar-refractivity contribution in [2.75, 3.05) is 26.3 Å². The minimum Gasteiger partial charge on any atom is -0.442 e. The molecule has 0 saturated carbocycles. The third kappa shape index (κ3) is 16.6. The first-order valence-electron chi connectivity index (χ1n) is 7.42. The van der Waals surface area contributed by atoms with Crippen molar-refractivity contribution in [2.45, 2.75) is 52.7 Å². The largest absolute Gasteiger partial charge is 0.442 e. The smallest absolute Gasteiger partial charge is 0.431 e. The van der Waals surface area contributed by atoms with E-state index in [9.17, 15) is 9.59 Å². The highest BCUT2D eigenvalue weighted by Gasteiger charge is 2.16. The molecule has 0 saturated heterocycles. The van der Waals surface area contributed by atoms with E-state index in [1.165, 1.54) is 0 Å². The van der Waals surface area contributed by atoms with Gasteiger partial charge in [-0.15, -0.1) is 0 Å². The molecule has 23 heavy (non-hydrogen) atoms. The van der Waals surface area contributed by atoms with Gasteiger partial charge in [-0.1, -0.05) is 0 Å². The summed E-state index contributed by atoms with van der Waals surface area (Å²) in [4.78, 5) is 32.3. The van der Waals surface area contributed by atoms with Gasteiger partial charge in [0.1, 0.15) is 11.2 Å². The number of rotatable bonds is 8. The molecule has 0 aromatic rings.